The molecule has 0 spiro atoms. The van der Waals surface area contributed by atoms with Gasteiger partial charge >= 0.3 is 0 Å². The predicted octanol–water partition coefficient (Wildman–Crippen LogP) is 5.08. The molecule has 2 aliphatic heterocycles. The zero-order valence-corrected chi connectivity index (χ0v) is 20.4. The third-order valence-electron chi connectivity index (χ3n) is 5.58. The number of pyridine rings is 1. The first-order chi connectivity index (χ1) is 16.0. The molecular weight excluding hydrogens is 524 g/mol. The van der Waals surface area contributed by atoms with E-state index in [1.807, 2.05) is 36.4 Å². The highest BCUT2D eigenvalue weighted by Gasteiger charge is 2.45. The lowest BCUT2D eigenvalue weighted by Gasteiger charge is -2.29. The molecule has 6 nitrogen and oxygen atoms in total. The second kappa shape index (κ2) is 9.29. The van der Waals surface area contributed by atoms with Gasteiger partial charge in [0.1, 0.15) is 0 Å². The van der Waals surface area contributed by atoms with E-state index in [0.29, 0.717) is 22.9 Å². The quantitative estimate of drug-likeness (QED) is 0.462. The standard InChI is InChI=1S/C24H18BrClN4O2S/c25-17-6-4-15(5-7-17)22-20(13-29(28-22)23(32)16-8-10-27-11-9-16)24-30(21(31)14-33-24)19-3-1-2-18(26)12-19/h1-12,20,24H,13-14H2. The zero-order chi connectivity index (χ0) is 22.9. The summed E-state index contributed by atoms with van der Waals surface area (Å²) >= 11 is 11.3. The third-order valence-corrected chi connectivity index (χ3v) is 7.64. The lowest BCUT2D eigenvalue weighted by molar-refractivity contribution is -0.115. The number of anilines is 1. The van der Waals surface area contributed by atoms with Crippen molar-refractivity contribution in [2.45, 2.75) is 5.37 Å². The van der Waals surface area contributed by atoms with Gasteiger partial charge in [-0.15, -0.1) is 11.8 Å². The predicted molar refractivity (Wildman–Crippen MR) is 135 cm³/mol. The van der Waals surface area contributed by atoms with Crippen molar-refractivity contribution < 1.29 is 9.59 Å². The summed E-state index contributed by atoms with van der Waals surface area (Å²) in [6, 6.07) is 18.5. The fraction of sp³-hybridized carbons (Fsp3) is 0.167. The second-order valence-corrected chi connectivity index (χ2v) is 10.1. The molecule has 0 aliphatic carbocycles. The summed E-state index contributed by atoms with van der Waals surface area (Å²) in [5, 5.41) is 6.60. The molecule has 2 amide bonds. The number of nitrogens with zero attached hydrogens (tertiary/aromatic N) is 4. The van der Waals surface area contributed by atoms with Crippen LogP contribution in [0.1, 0.15) is 15.9 Å². The normalized spacial score (nSPS) is 20.3. The van der Waals surface area contributed by atoms with Crippen molar-refractivity contribution in [1.29, 1.82) is 0 Å². The van der Waals surface area contributed by atoms with E-state index < -0.39 is 0 Å². The average Bonchev–Trinajstić information content (AvgIpc) is 3.43. The molecule has 3 heterocycles. The number of amides is 2. The van der Waals surface area contributed by atoms with E-state index in [1.54, 1.807) is 53.3 Å². The number of benzene rings is 2. The summed E-state index contributed by atoms with van der Waals surface area (Å²) in [6.07, 6.45) is 3.18. The maximum Gasteiger partial charge on any atom is 0.274 e. The van der Waals surface area contributed by atoms with Crippen LogP contribution in [0.4, 0.5) is 5.69 Å². The van der Waals surface area contributed by atoms with Crippen LogP contribution in [0.2, 0.25) is 5.02 Å². The molecule has 1 aromatic heterocycles. The Balaban J connectivity index is 1.53. The monoisotopic (exact) mass is 540 g/mol. The van der Waals surface area contributed by atoms with Crippen molar-refractivity contribution >= 4 is 62.5 Å². The molecule has 0 N–H and O–H groups in total. The number of halogens is 2. The van der Waals surface area contributed by atoms with Gasteiger partial charge in [0, 0.05) is 33.1 Å². The Morgan fingerprint density at radius 1 is 1.09 bits per heavy atom. The molecule has 166 valence electrons. The second-order valence-electron chi connectivity index (χ2n) is 7.67. The first kappa shape index (κ1) is 22.1. The van der Waals surface area contributed by atoms with Gasteiger partial charge in [-0.1, -0.05) is 45.7 Å². The molecule has 0 saturated carbocycles. The zero-order valence-electron chi connectivity index (χ0n) is 17.3. The van der Waals surface area contributed by atoms with Crippen LogP contribution < -0.4 is 4.90 Å². The number of rotatable bonds is 4. The summed E-state index contributed by atoms with van der Waals surface area (Å²) < 4.78 is 0.956. The molecule has 0 radical (unpaired) electrons. The third kappa shape index (κ3) is 4.43. The van der Waals surface area contributed by atoms with Gasteiger partial charge in [0.25, 0.3) is 5.91 Å². The number of hydrazone groups is 1. The Kier molecular flexibility index (Phi) is 6.23. The van der Waals surface area contributed by atoms with Gasteiger partial charge in [-0.25, -0.2) is 5.01 Å². The summed E-state index contributed by atoms with van der Waals surface area (Å²) in [7, 11) is 0. The summed E-state index contributed by atoms with van der Waals surface area (Å²) in [4.78, 5) is 31.9. The van der Waals surface area contributed by atoms with Gasteiger partial charge in [0.15, 0.2) is 0 Å². The largest absolute Gasteiger partial charge is 0.298 e. The summed E-state index contributed by atoms with van der Waals surface area (Å²) in [5.41, 5.74) is 2.96. The van der Waals surface area contributed by atoms with Gasteiger partial charge in [-0.05, 0) is 48.0 Å². The minimum absolute atomic E-state index is 0.0151. The van der Waals surface area contributed by atoms with Crippen molar-refractivity contribution in [3.05, 3.63) is 93.7 Å². The van der Waals surface area contributed by atoms with Crippen LogP contribution in [0.15, 0.2) is 82.6 Å². The van der Waals surface area contributed by atoms with Crippen molar-refractivity contribution in [2.75, 3.05) is 17.2 Å². The Morgan fingerprint density at radius 2 is 1.85 bits per heavy atom. The number of carbonyl (C=O) groups is 2. The Morgan fingerprint density at radius 3 is 2.58 bits per heavy atom. The Labute approximate surface area is 208 Å². The fourth-order valence-electron chi connectivity index (χ4n) is 4.06. The molecule has 2 unspecified atom stereocenters. The van der Waals surface area contributed by atoms with E-state index in [0.717, 1.165) is 21.4 Å². The van der Waals surface area contributed by atoms with Crippen LogP contribution in [0.3, 0.4) is 0 Å². The van der Waals surface area contributed by atoms with Crippen LogP contribution in [-0.4, -0.2) is 45.2 Å². The van der Waals surface area contributed by atoms with E-state index in [9.17, 15) is 9.59 Å². The lowest BCUT2D eigenvalue weighted by atomic mass is 9.96. The Hall–Kier alpha value is -2.68. The lowest BCUT2D eigenvalue weighted by Crippen LogP contribution is -2.42. The number of hydrogen-bond acceptors (Lipinski definition) is 5. The van der Waals surface area contributed by atoms with Crippen LogP contribution in [0, 0.1) is 5.92 Å². The molecule has 2 atom stereocenters. The highest BCUT2D eigenvalue weighted by molar-refractivity contribution is 9.10. The van der Waals surface area contributed by atoms with Gasteiger partial charge < -0.3 is 0 Å². The first-order valence-electron chi connectivity index (χ1n) is 10.3. The fourth-order valence-corrected chi connectivity index (χ4v) is 5.80. The Bertz CT molecular complexity index is 1240. The smallest absolute Gasteiger partial charge is 0.274 e. The van der Waals surface area contributed by atoms with Crippen molar-refractivity contribution in [3.63, 3.8) is 0 Å². The van der Waals surface area contributed by atoms with Crippen molar-refractivity contribution in [1.82, 2.24) is 9.99 Å². The molecule has 33 heavy (non-hydrogen) atoms. The van der Waals surface area contributed by atoms with Gasteiger partial charge in [-0.3, -0.25) is 19.5 Å². The maximum absolute atomic E-state index is 13.2. The topological polar surface area (TPSA) is 65.9 Å². The maximum atomic E-state index is 13.2. The van der Waals surface area contributed by atoms with Crippen molar-refractivity contribution in [2.24, 2.45) is 11.0 Å². The van der Waals surface area contributed by atoms with E-state index >= 15 is 0 Å². The average molecular weight is 542 g/mol. The molecule has 2 aliphatic rings. The van der Waals surface area contributed by atoms with E-state index in [4.69, 9.17) is 16.7 Å². The van der Waals surface area contributed by atoms with E-state index in [2.05, 4.69) is 20.9 Å². The minimum Gasteiger partial charge on any atom is -0.298 e. The SMILES string of the molecule is O=C(c1ccncc1)N1CC(C2SCC(=O)N2c2cccc(Cl)c2)C(c2ccc(Br)cc2)=N1. The highest BCUT2D eigenvalue weighted by atomic mass is 79.9. The minimum atomic E-state index is -0.214. The summed E-state index contributed by atoms with van der Waals surface area (Å²) in [5.74, 6) is 0.00596. The van der Waals surface area contributed by atoms with Crippen LogP contribution in [0.5, 0.6) is 0 Å². The molecular formula is C24H18BrClN4O2S. The molecule has 3 aromatic rings. The number of carbonyl (C=O) groups excluding carboxylic acids is 2. The molecule has 5 rings (SSSR count). The molecule has 2 aromatic carbocycles. The molecule has 9 heteroatoms. The molecule has 1 saturated heterocycles. The highest BCUT2D eigenvalue weighted by Crippen LogP contribution is 2.39. The molecule has 1 fully saturated rings. The summed E-state index contributed by atoms with van der Waals surface area (Å²) in [6.45, 7) is 0.370. The van der Waals surface area contributed by atoms with E-state index in [-0.39, 0.29) is 23.1 Å². The van der Waals surface area contributed by atoms with E-state index in [1.165, 1.54) is 5.01 Å². The van der Waals surface area contributed by atoms with Crippen LogP contribution >= 0.6 is 39.3 Å². The molecule has 0 bridgehead atoms. The van der Waals surface area contributed by atoms with Gasteiger partial charge in [-0.2, -0.15) is 5.10 Å². The number of aromatic nitrogens is 1. The van der Waals surface area contributed by atoms with Crippen molar-refractivity contribution in [3.8, 4) is 0 Å². The van der Waals surface area contributed by atoms with Crippen LogP contribution in [0.25, 0.3) is 0 Å². The first-order valence-corrected chi connectivity index (χ1v) is 12.5. The number of thioether (sulfide) groups is 1. The van der Waals surface area contributed by atoms with Gasteiger partial charge in [0.2, 0.25) is 5.91 Å². The van der Waals surface area contributed by atoms with Gasteiger partial charge in [0.05, 0.1) is 29.3 Å². The number of hydrogen-bond donors (Lipinski definition) is 0. The van der Waals surface area contributed by atoms with Crippen LogP contribution in [-0.2, 0) is 4.79 Å².